The lowest BCUT2D eigenvalue weighted by Crippen LogP contribution is -2.19. The summed E-state index contributed by atoms with van der Waals surface area (Å²) in [5.41, 5.74) is 3.79. The molecule has 2 N–H and O–H groups in total. The molecule has 0 spiro atoms. The molecule has 1 aromatic heterocycles. The first-order chi connectivity index (χ1) is 11.7. The van der Waals surface area contributed by atoms with Crippen molar-refractivity contribution in [1.82, 2.24) is 4.98 Å². The SMILES string of the molecule is O=C(Nc1ccc(Cl)cc1)Nc1ccc(Cc2ccncc2)cc1. The van der Waals surface area contributed by atoms with Crippen molar-refractivity contribution in [3.63, 3.8) is 0 Å². The van der Waals surface area contributed by atoms with E-state index in [2.05, 4.69) is 15.6 Å². The number of benzene rings is 2. The highest BCUT2D eigenvalue weighted by Crippen LogP contribution is 2.15. The molecule has 5 heteroatoms. The number of aromatic nitrogens is 1. The number of rotatable bonds is 4. The van der Waals surface area contributed by atoms with Gasteiger partial charge in [-0.2, -0.15) is 0 Å². The van der Waals surface area contributed by atoms with E-state index in [0.29, 0.717) is 10.7 Å². The van der Waals surface area contributed by atoms with Crippen LogP contribution in [-0.2, 0) is 6.42 Å². The van der Waals surface area contributed by atoms with Crippen LogP contribution in [0.25, 0.3) is 0 Å². The van der Waals surface area contributed by atoms with Gasteiger partial charge in [0.2, 0.25) is 0 Å². The molecule has 0 atom stereocenters. The van der Waals surface area contributed by atoms with Crippen LogP contribution in [0, 0.1) is 0 Å². The molecule has 3 aromatic rings. The topological polar surface area (TPSA) is 54.0 Å². The number of pyridine rings is 1. The summed E-state index contributed by atoms with van der Waals surface area (Å²) in [5, 5.41) is 6.19. The lowest BCUT2D eigenvalue weighted by atomic mass is 10.1. The molecule has 1 heterocycles. The van der Waals surface area contributed by atoms with Gasteiger partial charge in [0, 0.05) is 28.8 Å². The van der Waals surface area contributed by atoms with E-state index in [1.54, 1.807) is 36.7 Å². The Bertz CT molecular complexity index is 802. The molecule has 0 unspecified atom stereocenters. The molecule has 120 valence electrons. The first-order valence-corrected chi connectivity index (χ1v) is 7.88. The third-order valence-corrected chi connectivity index (χ3v) is 3.72. The average Bonchev–Trinajstić information content (AvgIpc) is 2.60. The van der Waals surface area contributed by atoms with E-state index in [-0.39, 0.29) is 6.03 Å². The van der Waals surface area contributed by atoms with Gasteiger partial charge in [-0.25, -0.2) is 4.79 Å². The lowest BCUT2D eigenvalue weighted by Gasteiger charge is -2.08. The summed E-state index contributed by atoms with van der Waals surface area (Å²) in [7, 11) is 0. The standard InChI is InChI=1S/C19H16ClN3O/c20-16-3-7-18(8-4-16)23-19(24)22-17-5-1-14(2-6-17)13-15-9-11-21-12-10-15/h1-12H,13H2,(H2,22,23,24). The highest BCUT2D eigenvalue weighted by Gasteiger charge is 2.03. The fraction of sp³-hybridized carbons (Fsp3) is 0.0526. The number of hydrogen-bond acceptors (Lipinski definition) is 2. The summed E-state index contributed by atoms with van der Waals surface area (Å²) in [5.74, 6) is 0. The molecule has 3 rings (SSSR count). The molecule has 0 aliphatic rings. The van der Waals surface area contributed by atoms with Crippen LogP contribution in [0.5, 0.6) is 0 Å². The van der Waals surface area contributed by atoms with Crippen molar-refractivity contribution in [2.75, 3.05) is 10.6 Å². The van der Waals surface area contributed by atoms with E-state index in [9.17, 15) is 4.79 Å². The van der Waals surface area contributed by atoms with Gasteiger partial charge in [-0.05, 0) is 66.1 Å². The van der Waals surface area contributed by atoms with E-state index in [0.717, 1.165) is 12.1 Å². The molecule has 24 heavy (non-hydrogen) atoms. The maximum Gasteiger partial charge on any atom is 0.323 e. The number of halogens is 1. The van der Waals surface area contributed by atoms with Gasteiger partial charge < -0.3 is 10.6 Å². The molecule has 0 bridgehead atoms. The number of amides is 2. The number of nitrogens with zero attached hydrogens (tertiary/aromatic N) is 1. The molecular formula is C19H16ClN3O. The highest BCUT2D eigenvalue weighted by atomic mass is 35.5. The Balaban J connectivity index is 1.57. The first-order valence-electron chi connectivity index (χ1n) is 7.50. The Morgan fingerprint density at radius 3 is 1.88 bits per heavy atom. The second-order valence-electron chi connectivity index (χ2n) is 5.32. The number of hydrogen-bond donors (Lipinski definition) is 2. The van der Waals surface area contributed by atoms with Crippen LogP contribution < -0.4 is 10.6 Å². The van der Waals surface area contributed by atoms with Crippen molar-refractivity contribution in [1.29, 1.82) is 0 Å². The maximum absolute atomic E-state index is 12.0. The molecule has 0 fully saturated rings. The lowest BCUT2D eigenvalue weighted by molar-refractivity contribution is 0.262. The minimum atomic E-state index is -0.292. The zero-order valence-electron chi connectivity index (χ0n) is 12.9. The van der Waals surface area contributed by atoms with Crippen molar-refractivity contribution in [3.8, 4) is 0 Å². The molecule has 4 nitrogen and oxygen atoms in total. The van der Waals surface area contributed by atoms with Gasteiger partial charge in [-0.1, -0.05) is 23.7 Å². The van der Waals surface area contributed by atoms with E-state index in [1.165, 1.54) is 11.1 Å². The number of anilines is 2. The largest absolute Gasteiger partial charge is 0.323 e. The van der Waals surface area contributed by atoms with Crippen molar-refractivity contribution in [2.24, 2.45) is 0 Å². The van der Waals surface area contributed by atoms with Gasteiger partial charge in [0.15, 0.2) is 0 Å². The summed E-state index contributed by atoms with van der Waals surface area (Å²) < 4.78 is 0. The third-order valence-electron chi connectivity index (χ3n) is 3.47. The van der Waals surface area contributed by atoms with Crippen molar-refractivity contribution in [3.05, 3.63) is 89.2 Å². The normalized spacial score (nSPS) is 10.2. The van der Waals surface area contributed by atoms with Gasteiger partial charge in [0.25, 0.3) is 0 Å². The second kappa shape index (κ2) is 7.62. The van der Waals surface area contributed by atoms with Gasteiger partial charge in [0.1, 0.15) is 0 Å². The number of urea groups is 1. The highest BCUT2D eigenvalue weighted by molar-refractivity contribution is 6.30. The van der Waals surface area contributed by atoms with Crippen molar-refractivity contribution in [2.45, 2.75) is 6.42 Å². The van der Waals surface area contributed by atoms with E-state index in [4.69, 9.17) is 11.6 Å². The van der Waals surface area contributed by atoms with Crippen LogP contribution >= 0.6 is 11.6 Å². The predicted molar refractivity (Wildman–Crippen MR) is 97.6 cm³/mol. The third kappa shape index (κ3) is 4.57. The molecule has 0 saturated heterocycles. The van der Waals surface area contributed by atoms with Crippen LogP contribution in [0.2, 0.25) is 5.02 Å². The zero-order chi connectivity index (χ0) is 16.8. The Labute approximate surface area is 145 Å². The van der Waals surface area contributed by atoms with E-state index in [1.807, 2.05) is 36.4 Å². The average molecular weight is 338 g/mol. The molecule has 2 amide bonds. The zero-order valence-corrected chi connectivity index (χ0v) is 13.6. The van der Waals surface area contributed by atoms with Crippen molar-refractivity contribution < 1.29 is 4.79 Å². The Kier molecular flexibility index (Phi) is 5.08. The summed E-state index contributed by atoms with van der Waals surface area (Å²) >= 11 is 5.82. The molecule has 0 saturated carbocycles. The summed E-state index contributed by atoms with van der Waals surface area (Å²) in [6.07, 6.45) is 4.40. The monoisotopic (exact) mass is 337 g/mol. The summed E-state index contributed by atoms with van der Waals surface area (Å²) in [6.45, 7) is 0. The summed E-state index contributed by atoms with van der Waals surface area (Å²) in [6, 6.07) is 18.4. The van der Waals surface area contributed by atoms with Crippen LogP contribution in [0.1, 0.15) is 11.1 Å². The molecule has 0 aliphatic heterocycles. The minimum Gasteiger partial charge on any atom is -0.308 e. The Morgan fingerprint density at radius 2 is 1.29 bits per heavy atom. The molecular weight excluding hydrogens is 322 g/mol. The van der Waals surface area contributed by atoms with Gasteiger partial charge in [-0.3, -0.25) is 4.98 Å². The van der Waals surface area contributed by atoms with Crippen LogP contribution in [-0.4, -0.2) is 11.0 Å². The summed E-state index contributed by atoms with van der Waals surface area (Å²) in [4.78, 5) is 16.0. The Hall–Kier alpha value is -2.85. The Morgan fingerprint density at radius 1 is 0.792 bits per heavy atom. The quantitative estimate of drug-likeness (QED) is 0.706. The van der Waals surface area contributed by atoms with Crippen LogP contribution in [0.15, 0.2) is 73.1 Å². The van der Waals surface area contributed by atoms with Gasteiger partial charge in [0.05, 0.1) is 0 Å². The van der Waals surface area contributed by atoms with E-state index < -0.39 is 0 Å². The number of carbonyl (C=O) groups excluding carboxylic acids is 1. The van der Waals surface area contributed by atoms with E-state index >= 15 is 0 Å². The molecule has 0 radical (unpaired) electrons. The minimum absolute atomic E-state index is 0.292. The fourth-order valence-electron chi connectivity index (χ4n) is 2.27. The second-order valence-corrected chi connectivity index (χ2v) is 5.75. The molecule has 2 aromatic carbocycles. The first kappa shape index (κ1) is 16.0. The molecule has 0 aliphatic carbocycles. The van der Waals surface area contributed by atoms with Crippen molar-refractivity contribution >= 4 is 29.0 Å². The van der Waals surface area contributed by atoms with Crippen LogP contribution in [0.4, 0.5) is 16.2 Å². The van der Waals surface area contributed by atoms with Gasteiger partial charge in [-0.15, -0.1) is 0 Å². The fourth-order valence-corrected chi connectivity index (χ4v) is 2.39. The van der Waals surface area contributed by atoms with Gasteiger partial charge >= 0.3 is 6.03 Å². The predicted octanol–water partition coefficient (Wildman–Crippen LogP) is 4.97. The van der Waals surface area contributed by atoms with Crippen LogP contribution in [0.3, 0.4) is 0 Å². The maximum atomic E-state index is 12.0. The smallest absolute Gasteiger partial charge is 0.308 e. The number of nitrogens with one attached hydrogen (secondary N) is 2. The number of carbonyl (C=O) groups is 1.